The molecule has 0 spiro atoms. The largest absolute Gasteiger partial charge is 0.159 e. The van der Waals surface area contributed by atoms with Crippen molar-refractivity contribution in [3.63, 3.8) is 0 Å². The summed E-state index contributed by atoms with van der Waals surface area (Å²) in [6.07, 6.45) is 5.19. The first-order valence-corrected chi connectivity index (χ1v) is 3.84. The molecule has 55 valence electrons. The fraction of sp³-hybridized carbons (Fsp3) is 0.625. The summed E-state index contributed by atoms with van der Waals surface area (Å²) in [7, 11) is 0. The van der Waals surface area contributed by atoms with Crippen molar-refractivity contribution >= 4 is 5.71 Å². The van der Waals surface area contributed by atoms with Gasteiger partial charge in [0, 0.05) is 0 Å². The maximum absolute atomic E-state index is 4.00. The second-order valence-electron chi connectivity index (χ2n) is 2.42. The molecular weight excluding hydrogens is 124 g/mol. The average molecular weight is 137 g/mol. The molecule has 2 nitrogen and oxygen atoms in total. The van der Waals surface area contributed by atoms with Crippen molar-refractivity contribution in [3.05, 3.63) is 11.8 Å². The van der Waals surface area contributed by atoms with Gasteiger partial charge in [0.1, 0.15) is 0 Å². The molecule has 0 N–H and O–H groups in total. The van der Waals surface area contributed by atoms with E-state index >= 15 is 0 Å². The van der Waals surface area contributed by atoms with E-state index in [1.807, 2.05) is 6.20 Å². The predicted octanol–water partition coefficient (Wildman–Crippen LogP) is 2.05. The van der Waals surface area contributed by atoms with Gasteiger partial charge in [-0.1, -0.05) is 20.3 Å². The average Bonchev–Trinajstić information content (AvgIpc) is 2.36. The molecule has 0 aromatic rings. The predicted molar refractivity (Wildman–Crippen MR) is 42.9 cm³/mol. The molecule has 1 aliphatic heterocycles. The number of hydrogen-bond acceptors (Lipinski definition) is 1. The van der Waals surface area contributed by atoms with Gasteiger partial charge in [0.2, 0.25) is 0 Å². The molecule has 0 aromatic heterocycles. The summed E-state index contributed by atoms with van der Waals surface area (Å²) in [4.78, 5) is 0. The third-order valence-corrected chi connectivity index (χ3v) is 1.62. The van der Waals surface area contributed by atoms with Gasteiger partial charge in [-0.3, -0.25) is 0 Å². The third-order valence-electron chi connectivity index (χ3n) is 1.62. The van der Waals surface area contributed by atoms with E-state index in [1.165, 1.54) is 17.7 Å². The topological polar surface area (TPSA) is 26.5 Å². The van der Waals surface area contributed by atoms with Crippen LogP contribution < -0.4 is 5.43 Å². The summed E-state index contributed by atoms with van der Waals surface area (Å²) >= 11 is 0. The van der Waals surface area contributed by atoms with Gasteiger partial charge in [-0.05, 0) is 18.4 Å². The highest BCUT2D eigenvalue weighted by Crippen LogP contribution is 2.12. The minimum Gasteiger partial charge on any atom is -0.159 e. The van der Waals surface area contributed by atoms with Gasteiger partial charge in [-0.25, -0.2) is 0 Å². The molecule has 1 heterocycles. The minimum absolute atomic E-state index is 1.01. The van der Waals surface area contributed by atoms with Gasteiger partial charge in [-0.2, -0.15) is 10.5 Å². The summed E-state index contributed by atoms with van der Waals surface area (Å²) in [5.74, 6) is 0. The lowest BCUT2D eigenvalue weighted by molar-refractivity contribution is 0.923. The Hall–Kier alpha value is -0.790. The SMILES string of the molecule is CCCC1=C[N]N=C1CC. The van der Waals surface area contributed by atoms with Crippen LogP contribution in [0.1, 0.15) is 33.1 Å². The van der Waals surface area contributed by atoms with E-state index in [2.05, 4.69) is 24.4 Å². The van der Waals surface area contributed by atoms with Crippen LogP contribution in [-0.2, 0) is 0 Å². The Bertz CT molecular complexity index is 168. The normalized spacial score (nSPS) is 16.2. The molecule has 0 unspecified atom stereocenters. The second kappa shape index (κ2) is 3.40. The Kier molecular flexibility index (Phi) is 2.49. The van der Waals surface area contributed by atoms with Crippen LogP contribution in [0.5, 0.6) is 0 Å². The first-order chi connectivity index (χ1) is 4.88. The highest BCUT2D eigenvalue weighted by Gasteiger charge is 2.08. The van der Waals surface area contributed by atoms with Gasteiger partial charge >= 0.3 is 0 Å². The van der Waals surface area contributed by atoms with Crippen LogP contribution in [0.2, 0.25) is 0 Å². The zero-order chi connectivity index (χ0) is 7.40. The van der Waals surface area contributed by atoms with Crippen LogP contribution in [0, 0.1) is 0 Å². The van der Waals surface area contributed by atoms with E-state index in [1.54, 1.807) is 0 Å². The molecule has 0 atom stereocenters. The van der Waals surface area contributed by atoms with Crippen molar-refractivity contribution in [2.45, 2.75) is 33.1 Å². The molecule has 0 fully saturated rings. The highest BCUT2D eigenvalue weighted by atomic mass is 15.3. The van der Waals surface area contributed by atoms with E-state index < -0.39 is 0 Å². The molecular formula is C8H13N2. The van der Waals surface area contributed by atoms with E-state index in [9.17, 15) is 0 Å². The van der Waals surface area contributed by atoms with Gasteiger partial charge in [-0.15, -0.1) is 0 Å². The highest BCUT2D eigenvalue weighted by molar-refractivity contribution is 6.00. The Morgan fingerprint density at radius 3 is 2.80 bits per heavy atom. The number of hydrogen-bond donors (Lipinski definition) is 0. The standard InChI is InChI=1S/C8H13N2/c1-3-5-7-6-9-10-8(7)4-2/h6H,3-5H2,1-2H3. The molecule has 1 aliphatic rings. The Labute approximate surface area is 62.0 Å². The lowest BCUT2D eigenvalue weighted by atomic mass is 10.1. The Morgan fingerprint density at radius 1 is 1.40 bits per heavy atom. The van der Waals surface area contributed by atoms with Crippen molar-refractivity contribution in [1.82, 2.24) is 5.43 Å². The first kappa shape index (κ1) is 7.32. The molecule has 2 heteroatoms. The fourth-order valence-electron chi connectivity index (χ4n) is 1.08. The molecule has 1 radical (unpaired) electrons. The fourth-order valence-corrected chi connectivity index (χ4v) is 1.08. The Balaban J connectivity index is 2.51. The Morgan fingerprint density at radius 2 is 2.20 bits per heavy atom. The zero-order valence-electron chi connectivity index (χ0n) is 6.59. The van der Waals surface area contributed by atoms with Crippen molar-refractivity contribution < 1.29 is 0 Å². The molecule has 0 aliphatic carbocycles. The van der Waals surface area contributed by atoms with Gasteiger partial charge < -0.3 is 0 Å². The van der Waals surface area contributed by atoms with Crippen LogP contribution >= 0.6 is 0 Å². The van der Waals surface area contributed by atoms with Crippen LogP contribution in [0.25, 0.3) is 0 Å². The van der Waals surface area contributed by atoms with Crippen LogP contribution in [-0.4, -0.2) is 5.71 Å². The van der Waals surface area contributed by atoms with E-state index in [0.717, 1.165) is 12.8 Å². The van der Waals surface area contributed by atoms with Crippen LogP contribution in [0.3, 0.4) is 0 Å². The zero-order valence-corrected chi connectivity index (χ0v) is 6.59. The molecule has 10 heavy (non-hydrogen) atoms. The van der Waals surface area contributed by atoms with Crippen molar-refractivity contribution in [2.75, 3.05) is 0 Å². The summed E-state index contributed by atoms with van der Waals surface area (Å²) < 4.78 is 0. The number of rotatable bonds is 3. The molecule has 1 rings (SSSR count). The van der Waals surface area contributed by atoms with Crippen molar-refractivity contribution in [2.24, 2.45) is 5.10 Å². The summed E-state index contributed by atoms with van der Waals surface area (Å²) in [5.41, 5.74) is 6.35. The maximum Gasteiger partial charge on any atom is 0.0675 e. The van der Waals surface area contributed by atoms with E-state index in [0.29, 0.717) is 0 Å². The molecule has 0 saturated carbocycles. The van der Waals surface area contributed by atoms with Crippen LogP contribution in [0.15, 0.2) is 16.9 Å². The quantitative estimate of drug-likeness (QED) is 0.569. The van der Waals surface area contributed by atoms with Gasteiger partial charge in [0.05, 0.1) is 11.9 Å². The van der Waals surface area contributed by atoms with E-state index in [4.69, 9.17) is 0 Å². The monoisotopic (exact) mass is 137 g/mol. The summed E-state index contributed by atoms with van der Waals surface area (Å²) in [6.45, 7) is 4.29. The minimum atomic E-state index is 1.01. The first-order valence-electron chi connectivity index (χ1n) is 3.84. The molecule has 0 amide bonds. The van der Waals surface area contributed by atoms with Gasteiger partial charge in [0.25, 0.3) is 0 Å². The lowest BCUT2D eigenvalue weighted by Crippen LogP contribution is -1.96. The van der Waals surface area contributed by atoms with Crippen molar-refractivity contribution in [3.8, 4) is 0 Å². The smallest absolute Gasteiger partial charge is 0.0675 e. The second-order valence-corrected chi connectivity index (χ2v) is 2.42. The van der Waals surface area contributed by atoms with Crippen molar-refractivity contribution in [1.29, 1.82) is 0 Å². The third kappa shape index (κ3) is 1.38. The number of allylic oxidation sites excluding steroid dienone is 1. The molecule has 0 saturated heterocycles. The molecule has 0 aromatic carbocycles. The summed E-state index contributed by atoms with van der Waals surface area (Å²) in [6, 6.07) is 0. The molecule has 0 bridgehead atoms. The lowest BCUT2D eigenvalue weighted by Gasteiger charge is -1.98. The van der Waals surface area contributed by atoms with Gasteiger partial charge in [0.15, 0.2) is 0 Å². The number of nitrogens with zero attached hydrogens (tertiary/aromatic N) is 2. The maximum atomic E-state index is 4.00. The van der Waals surface area contributed by atoms with Crippen LogP contribution in [0.4, 0.5) is 0 Å². The van der Waals surface area contributed by atoms with E-state index in [-0.39, 0.29) is 0 Å². The summed E-state index contributed by atoms with van der Waals surface area (Å²) in [5, 5.41) is 4.00.